The van der Waals surface area contributed by atoms with Crippen LogP contribution in [0.15, 0.2) is 18.3 Å². The maximum atomic E-state index is 5.66. The Morgan fingerprint density at radius 1 is 1.10 bits per heavy atom. The lowest BCUT2D eigenvalue weighted by molar-refractivity contribution is 0.797. The fraction of sp³-hybridized carbons (Fsp3) is 0.286. The second-order valence-electron chi connectivity index (χ2n) is 4.87. The van der Waals surface area contributed by atoms with E-state index < -0.39 is 0 Å². The van der Waals surface area contributed by atoms with Gasteiger partial charge in [-0.3, -0.25) is 0 Å². The molecule has 0 saturated carbocycles. The molecule has 0 aliphatic carbocycles. The molecule has 20 heavy (non-hydrogen) atoms. The van der Waals surface area contributed by atoms with E-state index in [0.29, 0.717) is 12.5 Å². The van der Waals surface area contributed by atoms with Crippen LogP contribution < -0.4 is 5.73 Å². The van der Waals surface area contributed by atoms with Crippen LogP contribution in [0.1, 0.15) is 22.6 Å². The highest BCUT2D eigenvalue weighted by Gasteiger charge is 2.13. The smallest absolute Gasteiger partial charge is 0.253 e. The highest BCUT2D eigenvalue weighted by Crippen LogP contribution is 2.19. The van der Waals surface area contributed by atoms with Gasteiger partial charge in [0.1, 0.15) is 0 Å². The van der Waals surface area contributed by atoms with Gasteiger partial charge in [-0.05, 0) is 38.5 Å². The predicted octanol–water partition coefficient (Wildman–Crippen LogP) is 1.59. The Balaban J connectivity index is 2.26. The number of fused-ring (bicyclic) bond motifs is 1. The Kier molecular flexibility index (Phi) is 2.94. The molecular formula is C14H16N6. The molecule has 102 valence electrons. The molecular weight excluding hydrogens is 252 g/mol. The van der Waals surface area contributed by atoms with Gasteiger partial charge in [0.05, 0.1) is 5.69 Å². The van der Waals surface area contributed by atoms with Crippen molar-refractivity contribution in [2.75, 3.05) is 0 Å². The molecule has 0 aliphatic rings. The summed E-state index contributed by atoms with van der Waals surface area (Å²) in [5.41, 5.74) is 10.1. The quantitative estimate of drug-likeness (QED) is 0.763. The number of hydrogen-bond donors (Lipinski definition) is 1. The number of rotatable bonds is 2. The van der Waals surface area contributed by atoms with Gasteiger partial charge in [0.2, 0.25) is 0 Å². The standard InChI is InChI=1S/C14H16N6/c1-8-4-9(2)18-14(17-8)20-13-12(10(3)19-20)5-11(6-15)7-16-13/h4-5,7H,6,15H2,1-3H3. The zero-order chi connectivity index (χ0) is 14.3. The average molecular weight is 268 g/mol. The number of nitrogens with zero attached hydrogens (tertiary/aromatic N) is 5. The van der Waals surface area contributed by atoms with Gasteiger partial charge in [0.25, 0.3) is 5.95 Å². The van der Waals surface area contributed by atoms with E-state index in [4.69, 9.17) is 5.73 Å². The van der Waals surface area contributed by atoms with E-state index in [1.165, 1.54) is 0 Å². The van der Waals surface area contributed by atoms with Crippen molar-refractivity contribution in [1.29, 1.82) is 0 Å². The molecule has 0 aromatic carbocycles. The number of hydrogen-bond acceptors (Lipinski definition) is 5. The Morgan fingerprint density at radius 3 is 2.45 bits per heavy atom. The zero-order valence-corrected chi connectivity index (χ0v) is 11.8. The third-order valence-electron chi connectivity index (χ3n) is 3.16. The first-order chi connectivity index (χ1) is 9.58. The molecule has 2 N–H and O–H groups in total. The monoisotopic (exact) mass is 268 g/mol. The van der Waals surface area contributed by atoms with Gasteiger partial charge in [0.15, 0.2) is 5.65 Å². The van der Waals surface area contributed by atoms with Crippen molar-refractivity contribution in [3.8, 4) is 5.95 Å². The van der Waals surface area contributed by atoms with E-state index in [9.17, 15) is 0 Å². The summed E-state index contributed by atoms with van der Waals surface area (Å²) in [4.78, 5) is 13.3. The molecule has 0 bridgehead atoms. The van der Waals surface area contributed by atoms with Gasteiger partial charge in [-0.15, -0.1) is 0 Å². The van der Waals surface area contributed by atoms with Crippen molar-refractivity contribution in [2.45, 2.75) is 27.3 Å². The lowest BCUT2D eigenvalue weighted by atomic mass is 10.2. The van der Waals surface area contributed by atoms with Crippen molar-refractivity contribution < 1.29 is 0 Å². The molecule has 0 radical (unpaired) electrons. The minimum atomic E-state index is 0.466. The van der Waals surface area contributed by atoms with E-state index >= 15 is 0 Å². The molecule has 6 nitrogen and oxygen atoms in total. The summed E-state index contributed by atoms with van der Waals surface area (Å²) in [6.45, 7) is 6.30. The molecule has 3 rings (SSSR count). The normalized spacial score (nSPS) is 11.2. The molecule has 0 fully saturated rings. The molecule has 0 saturated heterocycles. The Hall–Kier alpha value is -2.34. The average Bonchev–Trinajstić information content (AvgIpc) is 2.74. The SMILES string of the molecule is Cc1cc(C)nc(-n2nc(C)c3cc(CN)cnc32)n1. The fourth-order valence-electron chi connectivity index (χ4n) is 2.24. The van der Waals surface area contributed by atoms with E-state index in [-0.39, 0.29) is 0 Å². The van der Waals surface area contributed by atoms with Crippen LogP contribution in [0.3, 0.4) is 0 Å². The van der Waals surface area contributed by atoms with Gasteiger partial charge < -0.3 is 5.73 Å². The molecule has 3 aromatic heterocycles. The van der Waals surface area contributed by atoms with Crippen LogP contribution in [0.25, 0.3) is 17.0 Å². The van der Waals surface area contributed by atoms with E-state index in [1.807, 2.05) is 32.9 Å². The van der Waals surface area contributed by atoms with Crippen LogP contribution in [0, 0.1) is 20.8 Å². The summed E-state index contributed by atoms with van der Waals surface area (Å²) in [5.74, 6) is 0.550. The topological polar surface area (TPSA) is 82.5 Å². The van der Waals surface area contributed by atoms with Crippen molar-refractivity contribution in [3.63, 3.8) is 0 Å². The number of pyridine rings is 1. The van der Waals surface area contributed by atoms with Crippen molar-refractivity contribution in [1.82, 2.24) is 24.7 Å². The Labute approximate surface area is 116 Å². The van der Waals surface area contributed by atoms with Gasteiger partial charge in [-0.25, -0.2) is 15.0 Å². The fourth-order valence-corrected chi connectivity index (χ4v) is 2.24. The summed E-state index contributed by atoms with van der Waals surface area (Å²) in [5, 5.41) is 5.49. The number of aromatic nitrogens is 5. The van der Waals surface area contributed by atoms with E-state index in [0.717, 1.165) is 33.7 Å². The maximum Gasteiger partial charge on any atom is 0.253 e. The molecule has 3 aromatic rings. The predicted molar refractivity (Wildman–Crippen MR) is 76.6 cm³/mol. The van der Waals surface area contributed by atoms with Gasteiger partial charge in [0, 0.05) is 29.5 Å². The highest BCUT2D eigenvalue weighted by atomic mass is 15.4. The van der Waals surface area contributed by atoms with Gasteiger partial charge in [-0.2, -0.15) is 9.78 Å². The second kappa shape index (κ2) is 4.64. The molecule has 0 atom stereocenters. The first-order valence-electron chi connectivity index (χ1n) is 6.45. The van der Waals surface area contributed by atoms with Crippen LogP contribution in [0.5, 0.6) is 0 Å². The van der Waals surface area contributed by atoms with Crippen LogP contribution in [-0.4, -0.2) is 24.7 Å². The number of nitrogens with two attached hydrogens (primary N) is 1. The Bertz CT molecular complexity index is 769. The van der Waals surface area contributed by atoms with Crippen LogP contribution in [0.4, 0.5) is 0 Å². The molecule has 0 amide bonds. The molecule has 0 unspecified atom stereocenters. The van der Waals surface area contributed by atoms with Crippen LogP contribution >= 0.6 is 0 Å². The minimum Gasteiger partial charge on any atom is -0.326 e. The highest BCUT2D eigenvalue weighted by molar-refractivity contribution is 5.79. The summed E-state index contributed by atoms with van der Waals surface area (Å²) in [6.07, 6.45) is 1.77. The van der Waals surface area contributed by atoms with Crippen molar-refractivity contribution in [3.05, 3.63) is 41.0 Å². The first kappa shape index (κ1) is 12.7. The third-order valence-corrected chi connectivity index (χ3v) is 3.16. The lowest BCUT2D eigenvalue weighted by Crippen LogP contribution is -2.06. The summed E-state index contributed by atoms with van der Waals surface area (Å²) < 4.78 is 1.69. The Morgan fingerprint density at radius 2 is 1.80 bits per heavy atom. The summed E-state index contributed by atoms with van der Waals surface area (Å²) in [7, 11) is 0. The van der Waals surface area contributed by atoms with Gasteiger partial charge >= 0.3 is 0 Å². The van der Waals surface area contributed by atoms with Gasteiger partial charge in [-0.1, -0.05) is 0 Å². The lowest BCUT2D eigenvalue weighted by Gasteiger charge is -2.04. The second-order valence-corrected chi connectivity index (χ2v) is 4.87. The van der Waals surface area contributed by atoms with Crippen molar-refractivity contribution in [2.24, 2.45) is 5.73 Å². The van der Waals surface area contributed by atoms with E-state index in [2.05, 4.69) is 20.1 Å². The molecule has 6 heteroatoms. The summed E-state index contributed by atoms with van der Waals surface area (Å²) in [6, 6.07) is 3.95. The molecule has 3 heterocycles. The molecule has 0 aliphatic heterocycles. The first-order valence-corrected chi connectivity index (χ1v) is 6.45. The third kappa shape index (κ3) is 2.04. The van der Waals surface area contributed by atoms with Crippen LogP contribution in [0.2, 0.25) is 0 Å². The number of aryl methyl sites for hydroxylation is 3. The largest absolute Gasteiger partial charge is 0.326 e. The zero-order valence-electron chi connectivity index (χ0n) is 11.8. The van der Waals surface area contributed by atoms with E-state index in [1.54, 1.807) is 10.9 Å². The van der Waals surface area contributed by atoms with Crippen LogP contribution in [-0.2, 0) is 6.54 Å². The minimum absolute atomic E-state index is 0.466. The molecule has 0 spiro atoms. The maximum absolute atomic E-state index is 5.66. The van der Waals surface area contributed by atoms with Crippen molar-refractivity contribution >= 4 is 11.0 Å². The summed E-state index contributed by atoms with van der Waals surface area (Å²) >= 11 is 0.